The molecular weight excluding hydrogens is 360 g/mol. The molecule has 0 bridgehead atoms. The first-order valence-corrected chi connectivity index (χ1v) is 5.16. The van der Waals surface area contributed by atoms with E-state index in [4.69, 9.17) is 0 Å². The standard InChI is InChI=1S/C13H14O5.2K.2Na.4H/c1-3-5-7-9-11(14)17-13(16)18-12(15)10-8-6-4-2;;;;;;;;/h3-10H,1-2H3;;;;;;;;/b5-3+,6-4+,9-7+,10-8+;;;;;;;;. The molecule has 104 valence electrons. The maximum atomic E-state index is 11.0. The summed E-state index contributed by atoms with van der Waals surface area (Å²) < 4.78 is 8.36. The van der Waals surface area contributed by atoms with Gasteiger partial charge in [-0.1, -0.05) is 36.5 Å². The van der Waals surface area contributed by atoms with Gasteiger partial charge in [-0.3, -0.25) is 0 Å². The molecule has 0 aliphatic heterocycles. The molecule has 0 aliphatic carbocycles. The summed E-state index contributed by atoms with van der Waals surface area (Å²) in [5, 5.41) is 0. The summed E-state index contributed by atoms with van der Waals surface area (Å²) in [7, 11) is 0. The van der Waals surface area contributed by atoms with Gasteiger partial charge in [0.05, 0.1) is 0 Å². The van der Waals surface area contributed by atoms with Crippen LogP contribution in [0.15, 0.2) is 48.6 Å². The molecular formula is C13H18K2Na2O5. The summed E-state index contributed by atoms with van der Waals surface area (Å²) in [6.45, 7) is 3.53. The van der Waals surface area contributed by atoms with Crippen LogP contribution in [0.3, 0.4) is 0 Å². The van der Waals surface area contributed by atoms with Crippen LogP contribution in [0.4, 0.5) is 4.79 Å². The van der Waals surface area contributed by atoms with Crippen molar-refractivity contribution in [3.63, 3.8) is 0 Å². The van der Waals surface area contributed by atoms with Crippen molar-refractivity contribution in [2.45, 2.75) is 13.8 Å². The summed E-state index contributed by atoms with van der Waals surface area (Å²) in [6.07, 6.45) is 10.0. The molecule has 0 aromatic heterocycles. The fraction of sp³-hybridized carbons (Fsp3) is 0.154. The van der Waals surface area contributed by atoms with Crippen LogP contribution in [-0.4, -0.2) is 180 Å². The van der Waals surface area contributed by atoms with Crippen LogP contribution in [0, 0.1) is 0 Å². The molecule has 0 aliphatic rings. The summed E-state index contributed by atoms with van der Waals surface area (Å²) in [5.74, 6) is -1.83. The average Bonchev–Trinajstić information content (AvgIpc) is 2.29. The first-order valence-electron chi connectivity index (χ1n) is 5.16. The molecule has 0 atom stereocenters. The summed E-state index contributed by atoms with van der Waals surface area (Å²) >= 11 is 0. The van der Waals surface area contributed by atoms with Crippen LogP contribution in [0.1, 0.15) is 13.8 Å². The Kier molecular flexibility index (Phi) is 42.5. The summed E-state index contributed by atoms with van der Waals surface area (Å²) in [6, 6.07) is 0. The minimum atomic E-state index is -1.36. The summed E-state index contributed by atoms with van der Waals surface area (Å²) in [4.78, 5) is 32.9. The van der Waals surface area contributed by atoms with E-state index in [1.54, 1.807) is 38.2 Å². The Labute approximate surface area is 260 Å². The van der Waals surface area contributed by atoms with E-state index in [-0.39, 0.29) is 162 Å². The number of carbonyl (C=O) groups excluding carboxylic acids is 3. The van der Waals surface area contributed by atoms with Gasteiger partial charge in [0.15, 0.2) is 0 Å². The molecule has 0 N–H and O–H groups in total. The van der Waals surface area contributed by atoms with Crippen molar-refractivity contribution in [3.05, 3.63) is 48.6 Å². The number of hydrogen-bond acceptors (Lipinski definition) is 5. The zero-order valence-corrected chi connectivity index (χ0v) is 10.2. The zero-order chi connectivity index (χ0) is 13.8. The zero-order valence-electron chi connectivity index (χ0n) is 10.2. The Balaban J connectivity index is -0.000000241. The number of allylic oxidation sites excluding steroid dienone is 6. The van der Waals surface area contributed by atoms with E-state index in [0.29, 0.717) is 0 Å². The van der Waals surface area contributed by atoms with Gasteiger partial charge in [-0.2, -0.15) is 0 Å². The van der Waals surface area contributed by atoms with Crippen molar-refractivity contribution in [2.75, 3.05) is 0 Å². The van der Waals surface area contributed by atoms with Gasteiger partial charge in [0.2, 0.25) is 0 Å². The minimum absolute atomic E-state index is 0. The third-order valence-corrected chi connectivity index (χ3v) is 1.44. The van der Waals surface area contributed by atoms with Gasteiger partial charge in [0.1, 0.15) is 0 Å². The molecule has 5 nitrogen and oxygen atoms in total. The Morgan fingerprint density at radius 2 is 1.00 bits per heavy atom. The SMILES string of the molecule is C/C=C/C=C/C(=O)OC(=O)OC(=O)/C=C/C=C/C.[KH].[KH].[NaH].[NaH]. The van der Waals surface area contributed by atoms with Gasteiger partial charge in [-0.05, 0) is 13.8 Å². The fourth-order valence-corrected chi connectivity index (χ4v) is 0.744. The molecule has 22 heavy (non-hydrogen) atoms. The molecule has 0 saturated carbocycles. The van der Waals surface area contributed by atoms with E-state index >= 15 is 0 Å². The second kappa shape index (κ2) is 26.1. The van der Waals surface area contributed by atoms with E-state index in [1.807, 2.05) is 0 Å². The van der Waals surface area contributed by atoms with E-state index in [2.05, 4.69) is 9.47 Å². The van der Waals surface area contributed by atoms with Gasteiger partial charge in [-0.25, -0.2) is 14.4 Å². The van der Waals surface area contributed by atoms with Gasteiger partial charge < -0.3 is 9.47 Å². The first-order chi connectivity index (χ1) is 8.60. The third-order valence-electron chi connectivity index (χ3n) is 1.44. The molecule has 0 unspecified atom stereocenters. The molecule has 0 fully saturated rings. The second-order valence-corrected chi connectivity index (χ2v) is 2.86. The average molecular weight is 378 g/mol. The van der Waals surface area contributed by atoms with Crippen LogP contribution in [0.2, 0.25) is 0 Å². The number of hydrogen-bond donors (Lipinski definition) is 0. The van der Waals surface area contributed by atoms with E-state index in [9.17, 15) is 14.4 Å². The van der Waals surface area contributed by atoms with Crippen molar-refractivity contribution in [1.29, 1.82) is 0 Å². The molecule has 0 saturated heterocycles. The van der Waals surface area contributed by atoms with E-state index in [1.165, 1.54) is 12.2 Å². The molecule has 0 rings (SSSR count). The van der Waals surface area contributed by atoms with Gasteiger partial charge >= 0.3 is 180 Å². The van der Waals surface area contributed by atoms with Crippen molar-refractivity contribution >= 4 is 180 Å². The van der Waals surface area contributed by atoms with Crippen molar-refractivity contribution in [3.8, 4) is 0 Å². The number of esters is 2. The molecule has 0 amide bonds. The van der Waals surface area contributed by atoms with E-state index in [0.717, 1.165) is 12.2 Å². The summed E-state index contributed by atoms with van der Waals surface area (Å²) in [5.41, 5.74) is 0. The Hall–Kier alpha value is 2.84. The Bertz CT molecular complexity index is 394. The van der Waals surface area contributed by atoms with Gasteiger partial charge in [-0.15, -0.1) is 0 Å². The van der Waals surface area contributed by atoms with Crippen molar-refractivity contribution < 1.29 is 23.9 Å². The maximum absolute atomic E-state index is 11.0. The second-order valence-electron chi connectivity index (χ2n) is 2.86. The quantitative estimate of drug-likeness (QED) is 0.224. The normalized spacial score (nSPS) is 9.55. The number of rotatable bonds is 4. The van der Waals surface area contributed by atoms with Crippen LogP contribution in [0.25, 0.3) is 0 Å². The molecule has 0 aromatic carbocycles. The molecule has 0 aromatic rings. The molecule has 0 heterocycles. The van der Waals surface area contributed by atoms with E-state index < -0.39 is 18.1 Å². The Morgan fingerprint density at radius 3 is 1.27 bits per heavy atom. The topological polar surface area (TPSA) is 69.7 Å². The fourth-order valence-electron chi connectivity index (χ4n) is 0.744. The number of carbonyl (C=O) groups is 3. The molecule has 0 radical (unpaired) electrons. The predicted molar refractivity (Wildman–Crippen MR) is 94.1 cm³/mol. The molecule has 0 spiro atoms. The number of ether oxygens (including phenoxy) is 2. The van der Waals surface area contributed by atoms with Gasteiger partial charge in [0.25, 0.3) is 0 Å². The Morgan fingerprint density at radius 1 is 0.682 bits per heavy atom. The first kappa shape index (κ1) is 35.9. The van der Waals surface area contributed by atoms with Crippen LogP contribution < -0.4 is 0 Å². The van der Waals surface area contributed by atoms with Gasteiger partial charge in [0, 0.05) is 12.2 Å². The van der Waals surface area contributed by atoms with Crippen LogP contribution in [0.5, 0.6) is 0 Å². The van der Waals surface area contributed by atoms with Crippen molar-refractivity contribution in [2.24, 2.45) is 0 Å². The van der Waals surface area contributed by atoms with Crippen molar-refractivity contribution in [1.82, 2.24) is 0 Å². The van der Waals surface area contributed by atoms with Crippen LogP contribution >= 0.6 is 0 Å². The van der Waals surface area contributed by atoms with Crippen LogP contribution in [-0.2, 0) is 19.1 Å². The monoisotopic (exact) mass is 378 g/mol. The predicted octanol–water partition coefficient (Wildman–Crippen LogP) is -0.137. The molecule has 9 heteroatoms. The third kappa shape index (κ3) is 25.1.